The summed E-state index contributed by atoms with van der Waals surface area (Å²) in [6, 6.07) is -0.641. The van der Waals surface area contributed by atoms with Crippen LogP contribution in [0.15, 0.2) is 36.5 Å². The third-order valence-corrected chi connectivity index (χ3v) is 9.35. The normalized spacial score (nSPS) is 13.4. The highest BCUT2D eigenvalue weighted by atomic mass is 16.3. The summed E-state index contributed by atoms with van der Waals surface area (Å²) in [4.78, 5) is 12.3. The summed E-state index contributed by atoms with van der Waals surface area (Å²) >= 11 is 0. The zero-order valence-electron chi connectivity index (χ0n) is 31.5. The molecule has 0 heterocycles. The molecule has 0 aromatic carbocycles. The zero-order chi connectivity index (χ0) is 34.3. The lowest BCUT2D eigenvalue weighted by Crippen LogP contribution is -2.45. The Morgan fingerprint density at radius 1 is 0.489 bits per heavy atom. The molecule has 0 rings (SSSR count). The van der Waals surface area contributed by atoms with Crippen molar-refractivity contribution in [3.8, 4) is 0 Å². The third-order valence-electron chi connectivity index (χ3n) is 9.35. The molecule has 4 heteroatoms. The van der Waals surface area contributed by atoms with Crippen LogP contribution in [0, 0.1) is 0 Å². The van der Waals surface area contributed by atoms with Crippen molar-refractivity contribution in [2.75, 3.05) is 6.61 Å². The zero-order valence-corrected chi connectivity index (χ0v) is 31.5. The Hall–Kier alpha value is -1.39. The van der Waals surface area contributed by atoms with Crippen LogP contribution in [-0.4, -0.2) is 34.9 Å². The Morgan fingerprint density at radius 2 is 0.830 bits per heavy atom. The molecule has 0 spiro atoms. The number of carbonyl (C=O) groups excluding carboxylic acids is 1. The second-order valence-corrected chi connectivity index (χ2v) is 14.0. The van der Waals surface area contributed by atoms with Crippen LogP contribution in [0.3, 0.4) is 0 Å². The van der Waals surface area contributed by atoms with Gasteiger partial charge in [-0.1, -0.05) is 185 Å². The van der Waals surface area contributed by atoms with Crippen LogP contribution in [0.2, 0.25) is 0 Å². The maximum Gasteiger partial charge on any atom is 0.220 e. The predicted molar refractivity (Wildman–Crippen MR) is 207 cm³/mol. The van der Waals surface area contributed by atoms with Gasteiger partial charge >= 0.3 is 0 Å². The van der Waals surface area contributed by atoms with E-state index >= 15 is 0 Å². The fraction of sp³-hybridized carbons (Fsp3) is 0.837. The van der Waals surface area contributed by atoms with Gasteiger partial charge in [-0.25, -0.2) is 0 Å². The second kappa shape index (κ2) is 39.1. The molecule has 2 unspecified atom stereocenters. The van der Waals surface area contributed by atoms with E-state index in [0.29, 0.717) is 6.42 Å². The van der Waals surface area contributed by atoms with Crippen LogP contribution in [0.1, 0.15) is 213 Å². The van der Waals surface area contributed by atoms with Gasteiger partial charge in [-0.05, 0) is 57.8 Å². The van der Waals surface area contributed by atoms with Crippen molar-refractivity contribution >= 4 is 5.91 Å². The standard InChI is InChI=1S/C43H81NO3/c1-3-5-7-9-11-13-15-17-18-19-20-21-22-23-24-25-26-27-28-30-32-34-36-38-42(46)41(40-45)44-43(47)39-37-35-33-31-29-16-14-12-10-8-6-4-2/h12,14,28,30,36,38,41-42,45-46H,3-11,13,15-27,29,31-35,37,39-40H2,1-2H3,(H,44,47)/b14-12-,30-28+,38-36+. The molecule has 0 bridgehead atoms. The van der Waals surface area contributed by atoms with Crippen LogP contribution >= 0.6 is 0 Å². The SMILES string of the molecule is CCCCC/C=C\CCCCCCCC(=O)NC(CO)C(O)/C=C/CC/C=C/CCCCCCCCCCCCCCCCCCC. The number of carbonyl (C=O) groups is 1. The monoisotopic (exact) mass is 660 g/mol. The van der Waals surface area contributed by atoms with Gasteiger partial charge in [0, 0.05) is 6.42 Å². The minimum Gasteiger partial charge on any atom is -0.394 e. The summed E-state index contributed by atoms with van der Waals surface area (Å²) in [5.74, 6) is -0.0845. The molecule has 0 saturated heterocycles. The Kier molecular flexibility index (Phi) is 37.9. The third kappa shape index (κ3) is 35.7. The van der Waals surface area contributed by atoms with Crippen LogP contribution in [-0.2, 0) is 4.79 Å². The maximum absolute atomic E-state index is 12.3. The lowest BCUT2D eigenvalue weighted by Gasteiger charge is -2.19. The van der Waals surface area contributed by atoms with E-state index in [1.165, 1.54) is 148 Å². The molecular weight excluding hydrogens is 578 g/mol. The first-order valence-corrected chi connectivity index (χ1v) is 20.7. The maximum atomic E-state index is 12.3. The molecule has 3 N–H and O–H groups in total. The van der Waals surface area contributed by atoms with Crippen molar-refractivity contribution in [1.82, 2.24) is 5.32 Å². The van der Waals surface area contributed by atoms with E-state index in [1.54, 1.807) is 6.08 Å². The predicted octanol–water partition coefficient (Wildman–Crippen LogP) is 12.6. The molecule has 0 aliphatic carbocycles. The number of aliphatic hydroxyl groups is 2. The molecule has 0 saturated carbocycles. The van der Waals surface area contributed by atoms with E-state index in [4.69, 9.17) is 0 Å². The summed E-state index contributed by atoms with van der Waals surface area (Å²) in [6.07, 6.45) is 51.1. The van der Waals surface area contributed by atoms with Gasteiger partial charge in [-0.15, -0.1) is 0 Å². The largest absolute Gasteiger partial charge is 0.394 e. The molecule has 0 radical (unpaired) electrons. The van der Waals surface area contributed by atoms with Crippen molar-refractivity contribution in [3.63, 3.8) is 0 Å². The van der Waals surface area contributed by atoms with Crippen molar-refractivity contribution in [1.29, 1.82) is 0 Å². The van der Waals surface area contributed by atoms with Gasteiger partial charge in [0.05, 0.1) is 18.8 Å². The second-order valence-electron chi connectivity index (χ2n) is 14.0. The van der Waals surface area contributed by atoms with Gasteiger partial charge in [0.2, 0.25) is 5.91 Å². The van der Waals surface area contributed by atoms with Crippen molar-refractivity contribution in [2.24, 2.45) is 0 Å². The molecule has 276 valence electrons. The van der Waals surface area contributed by atoms with Crippen molar-refractivity contribution in [2.45, 2.75) is 225 Å². The summed E-state index contributed by atoms with van der Waals surface area (Å²) in [5, 5.41) is 22.9. The topological polar surface area (TPSA) is 69.6 Å². The minimum atomic E-state index is -0.863. The van der Waals surface area contributed by atoms with Gasteiger partial charge < -0.3 is 15.5 Å². The Morgan fingerprint density at radius 3 is 1.28 bits per heavy atom. The molecule has 1 amide bonds. The molecular formula is C43H81NO3. The molecule has 47 heavy (non-hydrogen) atoms. The highest BCUT2D eigenvalue weighted by molar-refractivity contribution is 5.76. The summed E-state index contributed by atoms with van der Waals surface area (Å²) < 4.78 is 0. The molecule has 4 nitrogen and oxygen atoms in total. The lowest BCUT2D eigenvalue weighted by atomic mass is 10.0. The molecule has 0 fully saturated rings. The highest BCUT2D eigenvalue weighted by Gasteiger charge is 2.17. The number of rotatable bonds is 37. The van der Waals surface area contributed by atoms with E-state index in [-0.39, 0.29) is 12.5 Å². The first-order valence-electron chi connectivity index (χ1n) is 20.7. The summed E-state index contributed by atoms with van der Waals surface area (Å²) in [7, 11) is 0. The summed E-state index contributed by atoms with van der Waals surface area (Å²) in [5.41, 5.74) is 0. The van der Waals surface area contributed by atoms with E-state index in [0.717, 1.165) is 44.9 Å². The van der Waals surface area contributed by atoms with Crippen LogP contribution < -0.4 is 5.32 Å². The number of aliphatic hydroxyl groups excluding tert-OH is 2. The molecule has 0 aliphatic heterocycles. The molecule has 0 aliphatic rings. The molecule has 0 aromatic rings. The fourth-order valence-electron chi connectivity index (χ4n) is 6.13. The Balaban J connectivity index is 3.60. The number of nitrogens with one attached hydrogen (secondary N) is 1. The average molecular weight is 660 g/mol. The van der Waals surface area contributed by atoms with Gasteiger partial charge in [-0.3, -0.25) is 4.79 Å². The van der Waals surface area contributed by atoms with E-state index in [2.05, 4.69) is 43.5 Å². The Bertz CT molecular complexity index is 716. The number of unbranched alkanes of at least 4 members (excludes halogenated alkanes) is 26. The first kappa shape index (κ1) is 45.6. The smallest absolute Gasteiger partial charge is 0.220 e. The van der Waals surface area contributed by atoms with E-state index in [1.807, 2.05) is 6.08 Å². The Labute approximate surface area is 293 Å². The average Bonchev–Trinajstić information content (AvgIpc) is 3.07. The fourth-order valence-corrected chi connectivity index (χ4v) is 6.13. The number of hydrogen-bond donors (Lipinski definition) is 3. The number of amides is 1. The van der Waals surface area contributed by atoms with Crippen molar-refractivity contribution < 1.29 is 15.0 Å². The van der Waals surface area contributed by atoms with Gasteiger partial charge in [0.1, 0.15) is 0 Å². The van der Waals surface area contributed by atoms with Gasteiger partial charge in [0.15, 0.2) is 0 Å². The lowest BCUT2D eigenvalue weighted by molar-refractivity contribution is -0.123. The minimum absolute atomic E-state index is 0.0845. The van der Waals surface area contributed by atoms with Gasteiger partial charge in [0.25, 0.3) is 0 Å². The quantitative estimate of drug-likeness (QED) is 0.0459. The number of allylic oxidation sites excluding steroid dienone is 5. The van der Waals surface area contributed by atoms with Crippen LogP contribution in [0.4, 0.5) is 0 Å². The highest BCUT2D eigenvalue weighted by Crippen LogP contribution is 2.15. The van der Waals surface area contributed by atoms with Crippen molar-refractivity contribution in [3.05, 3.63) is 36.5 Å². The summed E-state index contributed by atoms with van der Waals surface area (Å²) in [6.45, 7) is 4.27. The molecule has 0 aromatic heterocycles. The van der Waals surface area contributed by atoms with Crippen LogP contribution in [0.25, 0.3) is 0 Å². The van der Waals surface area contributed by atoms with E-state index in [9.17, 15) is 15.0 Å². The molecule has 2 atom stereocenters. The number of hydrogen-bond acceptors (Lipinski definition) is 3. The first-order chi connectivity index (χ1) is 23.2. The van der Waals surface area contributed by atoms with Crippen LogP contribution in [0.5, 0.6) is 0 Å². The van der Waals surface area contributed by atoms with Gasteiger partial charge in [-0.2, -0.15) is 0 Å². The van der Waals surface area contributed by atoms with E-state index < -0.39 is 12.1 Å².